The predicted molar refractivity (Wildman–Crippen MR) is 94.9 cm³/mol. The zero-order valence-electron chi connectivity index (χ0n) is 14.6. The monoisotopic (exact) mass is 356 g/mol. The van der Waals surface area contributed by atoms with Crippen LogP contribution in [0.3, 0.4) is 0 Å². The second-order valence-electron chi connectivity index (χ2n) is 6.36. The predicted octanol–water partition coefficient (Wildman–Crippen LogP) is 2.80. The van der Waals surface area contributed by atoms with Gasteiger partial charge in [-0.15, -0.1) is 0 Å². The lowest BCUT2D eigenvalue weighted by Crippen LogP contribution is -2.12. The van der Waals surface area contributed by atoms with E-state index in [1.54, 1.807) is 22.9 Å². The van der Waals surface area contributed by atoms with Crippen LogP contribution in [0.5, 0.6) is 0 Å². The number of carboxylic acids is 1. The molecule has 26 heavy (non-hydrogen) atoms. The number of hydrogen-bond acceptors (Lipinski definition) is 5. The maximum atomic E-state index is 12.1. The molecule has 3 rings (SSSR count). The van der Waals surface area contributed by atoms with Gasteiger partial charge in [-0.25, -0.2) is 0 Å². The summed E-state index contributed by atoms with van der Waals surface area (Å²) in [4.78, 5) is 27.2. The van der Waals surface area contributed by atoms with Crippen molar-refractivity contribution in [2.45, 2.75) is 39.2 Å². The maximum absolute atomic E-state index is 12.1. The van der Waals surface area contributed by atoms with Crippen LogP contribution in [0.1, 0.15) is 37.9 Å². The number of aryl methyl sites for hydroxylation is 1. The van der Waals surface area contributed by atoms with E-state index in [9.17, 15) is 9.59 Å². The van der Waals surface area contributed by atoms with Crippen molar-refractivity contribution in [3.8, 4) is 0 Å². The number of carboxylic acid groups (broad SMARTS) is 1. The first kappa shape index (κ1) is 17.7. The van der Waals surface area contributed by atoms with Gasteiger partial charge in [0.25, 0.3) is 0 Å². The van der Waals surface area contributed by atoms with Gasteiger partial charge in [-0.3, -0.25) is 9.59 Å². The number of benzene rings is 1. The summed E-state index contributed by atoms with van der Waals surface area (Å²) in [6.07, 6.45) is 2.33. The van der Waals surface area contributed by atoms with Crippen LogP contribution in [-0.2, 0) is 22.6 Å². The van der Waals surface area contributed by atoms with Crippen molar-refractivity contribution in [1.29, 1.82) is 0 Å². The van der Waals surface area contributed by atoms with Crippen LogP contribution in [0, 0.1) is 0 Å². The van der Waals surface area contributed by atoms with Crippen LogP contribution in [0.2, 0.25) is 0 Å². The number of nitrogens with one attached hydrogen (secondary N) is 1. The van der Waals surface area contributed by atoms with E-state index >= 15 is 0 Å². The lowest BCUT2D eigenvalue weighted by molar-refractivity contribution is -0.137. The molecule has 0 saturated heterocycles. The SMILES string of the molecule is CC(C)c1noc(CCC(=O)Nc2ccc3c(ccn3CC(=O)O)c2)n1. The number of rotatable bonds is 7. The molecule has 8 heteroatoms. The van der Waals surface area contributed by atoms with Gasteiger partial charge >= 0.3 is 5.97 Å². The van der Waals surface area contributed by atoms with E-state index in [1.165, 1.54) is 0 Å². The molecule has 0 spiro atoms. The van der Waals surface area contributed by atoms with Crippen molar-refractivity contribution < 1.29 is 19.2 Å². The Morgan fingerprint density at radius 1 is 1.31 bits per heavy atom. The van der Waals surface area contributed by atoms with Gasteiger partial charge in [0, 0.05) is 41.5 Å². The number of aromatic nitrogens is 3. The largest absolute Gasteiger partial charge is 0.480 e. The van der Waals surface area contributed by atoms with E-state index in [2.05, 4.69) is 15.5 Å². The fourth-order valence-corrected chi connectivity index (χ4v) is 2.61. The lowest BCUT2D eigenvalue weighted by atomic mass is 10.2. The molecule has 0 aliphatic rings. The van der Waals surface area contributed by atoms with Gasteiger partial charge in [0.1, 0.15) is 6.54 Å². The maximum Gasteiger partial charge on any atom is 0.323 e. The Hall–Kier alpha value is -3.16. The molecule has 0 radical (unpaired) electrons. The van der Waals surface area contributed by atoms with E-state index in [4.69, 9.17) is 9.63 Å². The summed E-state index contributed by atoms with van der Waals surface area (Å²) in [6, 6.07) is 7.18. The molecule has 2 heterocycles. The molecule has 0 atom stereocenters. The summed E-state index contributed by atoms with van der Waals surface area (Å²) in [7, 11) is 0. The Labute approximate surface area is 149 Å². The summed E-state index contributed by atoms with van der Waals surface area (Å²) in [5, 5.41) is 16.5. The molecule has 1 aromatic carbocycles. The third-order valence-corrected chi connectivity index (χ3v) is 3.93. The molecule has 3 aromatic rings. The fraction of sp³-hybridized carbons (Fsp3) is 0.333. The molecule has 0 fully saturated rings. The number of fused-ring (bicyclic) bond motifs is 1. The molecule has 0 saturated carbocycles. The molecular weight excluding hydrogens is 336 g/mol. The highest BCUT2D eigenvalue weighted by Crippen LogP contribution is 2.21. The van der Waals surface area contributed by atoms with Gasteiger partial charge in [0.15, 0.2) is 5.82 Å². The minimum atomic E-state index is -0.901. The molecule has 1 amide bonds. The first-order chi connectivity index (χ1) is 12.4. The summed E-state index contributed by atoms with van der Waals surface area (Å²) in [5.41, 5.74) is 1.46. The Kier molecular flexibility index (Phi) is 5.01. The van der Waals surface area contributed by atoms with E-state index < -0.39 is 5.97 Å². The second-order valence-corrected chi connectivity index (χ2v) is 6.36. The van der Waals surface area contributed by atoms with Crippen molar-refractivity contribution in [3.05, 3.63) is 42.2 Å². The number of hydrogen-bond donors (Lipinski definition) is 2. The van der Waals surface area contributed by atoms with Crippen LogP contribution in [0.25, 0.3) is 10.9 Å². The van der Waals surface area contributed by atoms with Crippen LogP contribution in [0.4, 0.5) is 5.69 Å². The van der Waals surface area contributed by atoms with Crippen molar-refractivity contribution in [2.24, 2.45) is 0 Å². The van der Waals surface area contributed by atoms with Gasteiger partial charge in [-0.1, -0.05) is 19.0 Å². The van der Waals surface area contributed by atoms with Crippen LogP contribution in [-0.4, -0.2) is 31.7 Å². The van der Waals surface area contributed by atoms with Gasteiger partial charge in [-0.05, 0) is 24.3 Å². The van der Waals surface area contributed by atoms with Crippen LogP contribution < -0.4 is 5.32 Å². The quantitative estimate of drug-likeness (QED) is 0.673. The highest BCUT2D eigenvalue weighted by Gasteiger charge is 2.12. The number of anilines is 1. The zero-order chi connectivity index (χ0) is 18.7. The number of aliphatic carboxylic acids is 1. The Morgan fingerprint density at radius 3 is 2.81 bits per heavy atom. The molecule has 0 aliphatic heterocycles. The normalized spacial score (nSPS) is 11.2. The van der Waals surface area contributed by atoms with Crippen LogP contribution >= 0.6 is 0 Å². The summed E-state index contributed by atoms with van der Waals surface area (Å²) in [5.74, 6) is 0.211. The standard InChI is InChI=1S/C18H20N4O4/c1-11(2)18-20-16(26-21-18)6-5-15(23)19-13-3-4-14-12(9-13)7-8-22(14)10-17(24)25/h3-4,7-9,11H,5-6,10H2,1-2H3,(H,19,23)(H,24,25). The average Bonchev–Trinajstić information content (AvgIpc) is 3.20. The van der Waals surface area contributed by atoms with Crippen molar-refractivity contribution >= 4 is 28.5 Å². The highest BCUT2D eigenvalue weighted by atomic mass is 16.5. The Morgan fingerprint density at radius 2 is 2.12 bits per heavy atom. The third-order valence-electron chi connectivity index (χ3n) is 3.93. The molecule has 8 nitrogen and oxygen atoms in total. The molecule has 0 bridgehead atoms. The second kappa shape index (κ2) is 7.38. The molecule has 2 N–H and O–H groups in total. The Bertz CT molecular complexity index is 942. The third kappa shape index (κ3) is 4.08. The number of carbonyl (C=O) groups excluding carboxylic acids is 1. The molecular formula is C18H20N4O4. The van der Waals surface area contributed by atoms with Crippen LogP contribution in [0.15, 0.2) is 35.0 Å². The first-order valence-electron chi connectivity index (χ1n) is 8.35. The van der Waals surface area contributed by atoms with E-state index in [-0.39, 0.29) is 24.8 Å². The highest BCUT2D eigenvalue weighted by molar-refractivity contribution is 5.94. The number of carbonyl (C=O) groups is 2. The first-order valence-corrected chi connectivity index (χ1v) is 8.35. The number of amides is 1. The van der Waals surface area contributed by atoms with Crippen molar-refractivity contribution in [3.63, 3.8) is 0 Å². The minimum absolute atomic E-state index is 0.0995. The zero-order valence-corrected chi connectivity index (χ0v) is 14.6. The molecule has 0 unspecified atom stereocenters. The van der Waals surface area contributed by atoms with Gasteiger partial charge < -0.3 is 19.5 Å². The summed E-state index contributed by atoms with van der Waals surface area (Å²) < 4.78 is 6.77. The van der Waals surface area contributed by atoms with Gasteiger partial charge in [-0.2, -0.15) is 4.98 Å². The van der Waals surface area contributed by atoms with E-state index in [0.717, 1.165) is 10.9 Å². The average molecular weight is 356 g/mol. The lowest BCUT2D eigenvalue weighted by Gasteiger charge is -2.06. The Balaban J connectivity index is 1.60. The minimum Gasteiger partial charge on any atom is -0.480 e. The molecule has 2 aromatic heterocycles. The van der Waals surface area contributed by atoms with Crippen molar-refractivity contribution in [2.75, 3.05) is 5.32 Å². The van der Waals surface area contributed by atoms with Gasteiger partial charge in [0.2, 0.25) is 11.8 Å². The summed E-state index contributed by atoms with van der Waals surface area (Å²) in [6.45, 7) is 3.85. The topological polar surface area (TPSA) is 110 Å². The van der Waals surface area contributed by atoms with E-state index in [1.807, 2.05) is 26.0 Å². The van der Waals surface area contributed by atoms with Crippen molar-refractivity contribution in [1.82, 2.24) is 14.7 Å². The summed E-state index contributed by atoms with van der Waals surface area (Å²) >= 11 is 0. The number of nitrogens with zero attached hydrogens (tertiary/aromatic N) is 3. The smallest absolute Gasteiger partial charge is 0.323 e. The van der Waals surface area contributed by atoms with Gasteiger partial charge in [0.05, 0.1) is 0 Å². The van der Waals surface area contributed by atoms with E-state index in [0.29, 0.717) is 23.8 Å². The molecule has 0 aliphatic carbocycles. The fourth-order valence-electron chi connectivity index (χ4n) is 2.61. The molecule has 136 valence electrons.